The fourth-order valence-electron chi connectivity index (χ4n) is 4.75. The van der Waals surface area contributed by atoms with Crippen molar-refractivity contribution >= 4 is 22.9 Å². The minimum absolute atomic E-state index is 0.235. The van der Waals surface area contributed by atoms with E-state index >= 15 is 0 Å². The van der Waals surface area contributed by atoms with Crippen LogP contribution in [-0.2, 0) is 0 Å². The Bertz CT molecular complexity index is 1240. The standard InChI is InChI=1S/C25H23N4O4/c1-32-24-12-15(10-11-23(24)33-16-6-2-3-7-16)25-26-17-13-21-22(14-18(17)27-25)29(31)20-9-5-4-8-19(20)28(21)30/h4-5,8-14,16-17,30H,2-3,6-7H2,1H3/q-1. The van der Waals surface area contributed by atoms with Crippen molar-refractivity contribution in [3.63, 3.8) is 0 Å². The molecule has 1 atom stereocenters. The number of rotatable bonds is 4. The third-order valence-corrected chi connectivity index (χ3v) is 6.46. The van der Waals surface area contributed by atoms with E-state index in [4.69, 9.17) is 14.5 Å². The molecule has 168 valence electrons. The van der Waals surface area contributed by atoms with Gasteiger partial charge in [0.05, 0.1) is 41.7 Å². The first-order valence-electron chi connectivity index (χ1n) is 11.1. The van der Waals surface area contributed by atoms with E-state index in [1.54, 1.807) is 43.5 Å². The van der Waals surface area contributed by atoms with Gasteiger partial charge in [0.1, 0.15) is 6.04 Å². The Morgan fingerprint density at radius 3 is 2.61 bits per heavy atom. The Morgan fingerprint density at radius 2 is 1.82 bits per heavy atom. The summed E-state index contributed by atoms with van der Waals surface area (Å²) >= 11 is 0. The zero-order valence-electron chi connectivity index (χ0n) is 18.1. The van der Waals surface area contributed by atoms with E-state index in [0.29, 0.717) is 40.1 Å². The lowest BCUT2D eigenvalue weighted by Gasteiger charge is -2.44. The van der Waals surface area contributed by atoms with Crippen molar-refractivity contribution < 1.29 is 14.7 Å². The monoisotopic (exact) mass is 443 g/mol. The third kappa shape index (κ3) is 3.30. The molecule has 8 nitrogen and oxygen atoms in total. The molecule has 2 aliphatic carbocycles. The number of methoxy groups -OCH3 is 1. The number of aliphatic imine (C=N–C) groups is 2. The van der Waals surface area contributed by atoms with Crippen LogP contribution in [-0.4, -0.2) is 36.0 Å². The topological polar surface area (TPSA) is 93.0 Å². The van der Waals surface area contributed by atoms with Crippen LogP contribution in [0.3, 0.4) is 0 Å². The molecule has 0 spiro atoms. The summed E-state index contributed by atoms with van der Waals surface area (Å²) in [5, 5.41) is 25.5. The number of hydrogen-bond donors (Lipinski definition) is 1. The molecule has 1 unspecified atom stereocenters. The molecule has 0 saturated heterocycles. The van der Waals surface area contributed by atoms with E-state index in [1.165, 1.54) is 12.8 Å². The lowest BCUT2D eigenvalue weighted by Crippen LogP contribution is -2.36. The largest absolute Gasteiger partial charge is 0.754 e. The second-order valence-electron chi connectivity index (χ2n) is 8.50. The highest BCUT2D eigenvalue weighted by Gasteiger charge is 2.33. The van der Waals surface area contributed by atoms with Crippen molar-refractivity contribution in [2.45, 2.75) is 37.8 Å². The molecule has 33 heavy (non-hydrogen) atoms. The number of amidine groups is 1. The fraction of sp³-hybridized carbons (Fsp3) is 0.280. The predicted molar refractivity (Wildman–Crippen MR) is 126 cm³/mol. The average Bonchev–Trinajstić information content (AvgIpc) is 3.51. The summed E-state index contributed by atoms with van der Waals surface area (Å²) in [5.74, 6) is 1.92. The molecule has 2 aliphatic heterocycles. The lowest BCUT2D eigenvalue weighted by molar-refractivity contribution is 0.201. The first-order valence-corrected chi connectivity index (χ1v) is 11.1. The van der Waals surface area contributed by atoms with Crippen molar-refractivity contribution in [3.05, 3.63) is 76.8 Å². The van der Waals surface area contributed by atoms with Crippen LogP contribution in [0.15, 0.2) is 76.0 Å². The van der Waals surface area contributed by atoms with Crippen LogP contribution in [0.1, 0.15) is 31.2 Å². The summed E-state index contributed by atoms with van der Waals surface area (Å²) in [5.41, 5.74) is 3.00. The van der Waals surface area contributed by atoms with Crippen molar-refractivity contribution in [1.29, 1.82) is 0 Å². The van der Waals surface area contributed by atoms with Gasteiger partial charge in [-0.1, -0.05) is 12.1 Å². The van der Waals surface area contributed by atoms with Gasteiger partial charge < -0.3 is 19.7 Å². The molecule has 1 saturated carbocycles. The Hall–Kier alpha value is -3.62. The number of para-hydroxylation sites is 2. The first kappa shape index (κ1) is 20.0. The number of hydrogen-bond acceptors (Lipinski definition) is 8. The van der Waals surface area contributed by atoms with E-state index in [9.17, 15) is 10.4 Å². The molecule has 0 radical (unpaired) electrons. The maximum Gasteiger partial charge on any atom is 0.161 e. The van der Waals surface area contributed by atoms with Crippen LogP contribution in [0.25, 0.3) is 0 Å². The van der Waals surface area contributed by atoms with Crippen LogP contribution in [0.4, 0.5) is 11.4 Å². The Balaban J connectivity index is 1.32. The molecular weight excluding hydrogens is 420 g/mol. The number of nitrogens with zero attached hydrogens (tertiary/aromatic N) is 4. The van der Waals surface area contributed by atoms with E-state index in [0.717, 1.165) is 34.3 Å². The van der Waals surface area contributed by atoms with Gasteiger partial charge in [0, 0.05) is 5.56 Å². The molecule has 2 heterocycles. The zero-order chi connectivity index (χ0) is 22.5. The van der Waals surface area contributed by atoms with Gasteiger partial charge in [-0.05, 0) is 68.2 Å². The van der Waals surface area contributed by atoms with Crippen molar-refractivity contribution in [3.8, 4) is 11.5 Å². The quantitative estimate of drug-likeness (QED) is 0.744. The minimum Gasteiger partial charge on any atom is -0.754 e. The van der Waals surface area contributed by atoms with Crippen LogP contribution in [0.2, 0.25) is 0 Å². The average molecular weight is 443 g/mol. The highest BCUT2D eigenvalue weighted by atomic mass is 16.5. The van der Waals surface area contributed by atoms with E-state index < -0.39 is 0 Å². The summed E-state index contributed by atoms with van der Waals surface area (Å²) in [7, 11) is 1.62. The van der Waals surface area contributed by atoms with Crippen LogP contribution < -0.4 is 19.6 Å². The van der Waals surface area contributed by atoms with Crippen LogP contribution in [0.5, 0.6) is 11.5 Å². The summed E-state index contributed by atoms with van der Waals surface area (Å²) in [6.45, 7) is 0. The van der Waals surface area contributed by atoms with Crippen LogP contribution >= 0.6 is 0 Å². The van der Waals surface area contributed by atoms with Gasteiger partial charge in [0.2, 0.25) is 0 Å². The molecule has 0 bridgehead atoms. The summed E-state index contributed by atoms with van der Waals surface area (Å²) in [4.78, 5) is 9.41. The third-order valence-electron chi connectivity index (χ3n) is 6.46. The second-order valence-corrected chi connectivity index (χ2v) is 8.50. The van der Waals surface area contributed by atoms with Gasteiger partial charge in [-0.25, -0.2) is 10.1 Å². The van der Waals surface area contributed by atoms with Gasteiger partial charge in [-0.15, -0.1) is 0 Å². The molecule has 8 heteroatoms. The summed E-state index contributed by atoms with van der Waals surface area (Å²) in [6, 6.07) is 12.2. The molecule has 6 rings (SSSR count). The molecule has 1 N–H and O–H groups in total. The van der Waals surface area contributed by atoms with Gasteiger partial charge >= 0.3 is 0 Å². The molecular formula is C25H23N4O4-. The second kappa shape index (κ2) is 7.75. The highest BCUT2D eigenvalue weighted by Crippen LogP contribution is 2.42. The van der Waals surface area contributed by atoms with E-state index in [2.05, 4.69) is 4.99 Å². The number of benzene rings is 2. The van der Waals surface area contributed by atoms with Gasteiger partial charge in [-0.3, -0.25) is 10.2 Å². The molecule has 0 amide bonds. The minimum atomic E-state index is -0.382. The van der Waals surface area contributed by atoms with Gasteiger partial charge in [0.15, 0.2) is 17.3 Å². The molecule has 4 aliphatic rings. The van der Waals surface area contributed by atoms with E-state index in [1.807, 2.05) is 18.2 Å². The smallest absolute Gasteiger partial charge is 0.161 e. The number of fused-ring (bicyclic) bond motifs is 3. The molecule has 2 aromatic rings. The lowest BCUT2D eigenvalue weighted by atomic mass is 10.00. The number of anilines is 2. The Kier molecular flexibility index (Phi) is 4.70. The van der Waals surface area contributed by atoms with Crippen LogP contribution in [0, 0.1) is 5.21 Å². The molecule has 1 fully saturated rings. The van der Waals surface area contributed by atoms with Crippen molar-refractivity contribution in [2.24, 2.45) is 9.98 Å². The highest BCUT2D eigenvalue weighted by molar-refractivity contribution is 6.18. The first-order chi connectivity index (χ1) is 16.1. The molecule has 0 aromatic heterocycles. The number of ether oxygens (including phenoxy) is 2. The maximum absolute atomic E-state index is 12.9. The Labute approximate surface area is 191 Å². The van der Waals surface area contributed by atoms with Crippen molar-refractivity contribution in [2.75, 3.05) is 17.2 Å². The number of hydroxylamine groups is 2. The zero-order valence-corrected chi connectivity index (χ0v) is 18.1. The predicted octanol–water partition coefficient (Wildman–Crippen LogP) is 4.58. The summed E-state index contributed by atoms with van der Waals surface area (Å²) in [6.07, 6.45) is 8.22. The van der Waals surface area contributed by atoms with Gasteiger partial charge in [0.25, 0.3) is 0 Å². The normalized spacial score (nSPS) is 21.5. The summed E-state index contributed by atoms with van der Waals surface area (Å²) < 4.78 is 11.7. The fourth-order valence-corrected chi connectivity index (χ4v) is 4.75. The Morgan fingerprint density at radius 1 is 1.03 bits per heavy atom. The van der Waals surface area contributed by atoms with E-state index in [-0.39, 0.29) is 12.1 Å². The van der Waals surface area contributed by atoms with Crippen molar-refractivity contribution in [1.82, 2.24) is 0 Å². The maximum atomic E-state index is 12.9. The van der Waals surface area contributed by atoms with Gasteiger partial charge in [-0.2, -0.15) is 0 Å². The SMILES string of the molecule is COc1cc(C2=NC3C=C4C(=CC3=N2)N([O-])c2ccccc2N4O)ccc1OC1CCCC1. The molecule has 2 aromatic carbocycles.